The zero-order valence-electron chi connectivity index (χ0n) is 21.3. The molecule has 2 aliphatic carbocycles. The molecule has 0 amide bonds. The Hall–Kier alpha value is -3.89. The normalized spacial score (nSPS) is 18.2. The van der Waals surface area contributed by atoms with E-state index in [4.69, 9.17) is 4.74 Å². The highest BCUT2D eigenvalue weighted by molar-refractivity contribution is 7.15. The maximum atomic E-state index is 13.8. The molecule has 3 heterocycles. The Morgan fingerprint density at radius 2 is 1.89 bits per heavy atom. The number of hydrogen-bond donors (Lipinski definition) is 1. The van der Waals surface area contributed by atoms with E-state index in [2.05, 4.69) is 22.0 Å². The number of ether oxygens (including phenoxy) is 1. The minimum Gasteiger partial charge on any atom is -0.466 e. The van der Waals surface area contributed by atoms with Crippen molar-refractivity contribution in [1.29, 1.82) is 5.26 Å². The van der Waals surface area contributed by atoms with Crippen molar-refractivity contribution in [3.8, 4) is 11.1 Å². The molecule has 37 heavy (non-hydrogen) atoms. The standard InChI is InChI=1S/C30H27N3O3S/c1-15-13-21(17(3)33(15)29-22(14-31)18-9-7-8-12-23(18)37-29)25-24(30(35)36-4)16(2)32-27-19-10-5-6-11-20(19)28(34)26(25)27/h5-6,10-11,13,25,32H,7-9,12H2,1-4H3/t25-/m0/s1. The van der Waals surface area contributed by atoms with Gasteiger partial charge in [0.1, 0.15) is 11.1 Å². The maximum absolute atomic E-state index is 13.8. The molecule has 3 aromatic rings. The Morgan fingerprint density at radius 1 is 1.16 bits per heavy atom. The number of ketones is 1. The van der Waals surface area contributed by atoms with E-state index >= 15 is 0 Å². The third-order valence-corrected chi connectivity index (χ3v) is 9.18. The molecule has 0 fully saturated rings. The molecule has 1 N–H and O–H groups in total. The monoisotopic (exact) mass is 509 g/mol. The summed E-state index contributed by atoms with van der Waals surface area (Å²) >= 11 is 1.70. The van der Waals surface area contributed by atoms with Gasteiger partial charge in [-0.3, -0.25) is 4.79 Å². The number of esters is 1. The molecule has 0 bridgehead atoms. The highest BCUT2D eigenvalue weighted by atomic mass is 32.1. The summed E-state index contributed by atoms with van der Waals surface area (Å²) in [6.45, 7) is 5.89. The van der Waals surface area contributed by atoms with Crippen LogP contribution in [0.4, 0.5) is 0 Å². The number of nitrogens with zero attached hydrogens (tertiary/aromatic N) is 2. The smallest absolute Gasteiger partial charge is 0.336 e. The van der Waals surface area contributed by atoms with Gasteiger partial charge in [0.25, 0.3) is 0 Å². The molecule has 1 atom stereocenters. The number of allylic oxidation sites excluding steroid dienone is 2. The predicted molar refractivity (Wildman–Crippen MR) is 143 cm³/mol. The number of hydrogen-bond acceptors (Lipinski definition) is 6. The first-order valence-corrected chi connectivity index (χ1v) is 13.4. The lowest BCUT2D eigenvalue weighted by Gasteiger charge is -2.29. The van der Waals surface area contributed by atoms with Crippen LogP contribution >= 0.6 is 11.3 Å². The average Bonchev–Trinajstić information content (AvgIpc) is 3.51. The highest BCUT2D eigenvalue weighted by Crippen LogP contribution is 2.49. The maximum Gasteiger partial charge on any atom is 0.336 e. The summed E-state index contributed by atoms with van der Waals surface area (Å²) < 4.78 is 7.34. The Kier molecular flexibility index (Phi) is 5.46. The van der Waals surface area contributed by atoms with Crippen molar-refractivity contribution < 1.29 is 14.3 Å². The van der Waals surface area contributed by atoms with Crippen molar-refractivity contribution in [3.05, 3.63) is 91.3 Å². The molecule has 1 aromatic carbocycles. The van der Waals surface area contributed by atoms with E-state index in [1.165, 1.54) is 17.6 Å². The van der Waals surface area contributed by atoms with E-state index in [-0.39, 0.29) is 5.78 Å². The number of thiophene rings is 1. The van der Waals surface area contributed by atoms with Gasteiger partial charge in [-0.05, 0) is 63.6 Å². The second-order valence-corrected chi connectivity index (χ2v) is 11.0. The lowest BCUT2D eigenvalue weighted by Crippen LogP contribution is -2.29. The fourth-order valence-corrected chi connectivity index (χ4v) is 7.69. The van der Waals surface area contributed by atoms with E-state index in [0.717, 1.165) is 64.5 Å². The van der Waals surface area contributed by atoms with E-state index in [9.17, 15) is 14.9 Å². The van der Waals surface area contributed by atoms with Crippen molar-refractivity contribution >= 4 is 28.8 Å². The predicted octanol–water partition coefficient (Wildman–Crippen LogP) is 5.65. The first-order valence-electron chi connectivity index (χ1n) is 12.6. The first-order chi connectivity index (χ1) is 17.9. The number of methoxy groups -OCH3 is 1. The van der Waals surface area contributed by atoms with Gasteiger partial charge >= 0.3 is 5.97 Å². The van der Waals surface area contributed by atoms with E-state index in [1.54, 1.807) is 11.3 Å². The number of nitrogens with one attached hydrogen (secondary N) is 1. The molecule has 0 unspecified atom stereocenters. The minimum absolute atomic E-state index is 0.0777. The molecule has 1 aliphatic heterocycles. The largest absolute Gasteiger partial charge is 0.466 e. The van der Waals surface area contributed by atoms with Crippen LogP contribution in [0.3, 0.4) is 0 Å². The van der Waals surface area contributed by atoms with Gasteiger partial charge in [0.15, 0.2) is 5.78 Å². The lowest BCUT2D eigenvalue weighted by molar-refractivity contribution is -0.136. The Morgan fingerprint density at radius 3 is 2.62 bits per heavy atom. The summed E-state index contributed by atoms with van der Waals surface area (Å²) in [5.41, 5.74) is 8.62. The van der Waals surface area contributed by atoms with Crippen LogP contribution in [-0.2, 0) is 22.4 Å². The van der Waals surface area contributed by atoms with Gasteiger partial charge in [-0.25, -0.2) is 4.79 Å². The number of carbonyl (C=O) groups excluding carboxylic acids is 2. The highest BCUT2D eigenvalue weighted by Gasteiger charge is 2.44. The number of carbonyl (C=O) groups is 2. The van der Waals surface area contributed by atoms with Crippen LogP contribution in [0.2, 0.25) is 0 Å². The molecule has 186 valence electrons. The van der Waals surface area contributed by atoms with Gasteiger partial charge in [0, 0.05) is 38.7 Å². The molecule has 0 radical (unpaired) electrons. The second-order valence-electron chi connectivity index (χ2n) is 9.92. The van der Waals surface area contributed by atoms with Crippen molar-refractivity contribution in [2.24, 2.45) is 0 Å². The van der Waals surface area contributed by atoms with E-state index in [1.807, 2.05) is 45.0 Å². The average molecular weight is 510 g/mol. The zero-order chi connectivity index (χ0) is 26.0. The molecule has 2 aromatic heterocycles. The summed E-state index contributed by atoms with van der Waals surface area (Å²) in [7, 11) is 1.37. The fraction of sp³-hybridized carbons (Fsp3) is 0.300. The minimum atomic E-state index is -0.580. The van der Waals surface area contributed by atoms with Gasteiger partial charge in [-0.15, -0.1) is 11.3 Å². The Balaban J connectivity index is 1.58. The third-order valence-electron chi connectivity index (χ3n) is 7.90. The quantitative estimate of drug-likeness (QED) is 0.462. The molecule has 0 spiro atoms. The first kappa shape index (κ1) is 23.5. The second kappa shape index (κ2) is 8.60. The van der Waals surface area contributed by atoms with Crippen LogP contribution in [0, 0.1) is 25.2 Å². The summed E-state index contributed by atoms with van der Waals surface area (Å²) in [6.07, 6.45) is 4.20. The molecule has 7 heteroatoms. The van der Waals surface area contributed by atoms with Crippen molar-refractivity contribution in [2.75, 3.05) is 7.11 Å². The van der Waals surface area contributed by atoms with Gasteiger partial charge in [0.05, 0.1) is 29.9 Å². The Bertz CT molecular complexity index is 1630. The topological polar surface area (TPSA) is 84.1 Å². The summed E-state index contributed by atoms with van der Waals surface area (Å²) in [6, 6.07) is 12.1. The van der Waals surface area contributed by atoms with Crippen LogP contribution in [0.15, 0.2) is 47.2 Å². The lowest BCUT2D eigenvalue weighted by atomic mass is 9.79. The molecular weight excluding hydrogens is 482 g/mol. The van der Waals surface area contributed by atoms with Gasteiger partial charge in [-0.1, -0.05) is 24.3 Å². The van der Waals surface area contributed by atoms with E-state index in [0.29, 0.717) is 22.4 Å². The zero-order valence-corrected chi connectivity index (χ0v) is 22.1. The fourth-order valence-electron chi connectivity index (χ4n) is 6.24. The van der Waals surface area contributed by atoms with Crippen LogP contribution in [0.1, 0.15) is 74.6 Å². The van der Waals surface area contributed by atoms with Gasteiger partial charge < -0.3 is 14.6 Å². The number of aromatic nitrogens is 1. The number of aryl methyl sites for hydroxylation is 2. The molecular formula is C30H27N3O3S. The summed E-state index contributed by atoms with van der Waals surface area (Å²) in [5, 5.41) is 14.4. The molecule has 3 aliphatic rings. The van der Waals surface area contributed by atoms with Crippen molar-refractivity contribution in [3.63, 3.8) is 0 Å². The van der Waals surface area contributed by atoms with Crippen molar-refractivity contribution in [2.45, 2.75) is 52.4 Å². The molecule has 0 saturated heterocycles. The van der Waals surface area contributed by atoms with Gasteiger partial charge in [0.2, 0.25) is 0 Å². The van der Waals surface area contributed by atoms with Crippen LogP contribution in [-0.4, -0.2) is 23.4 Å². The van der Waals surface area contributed by atoms with Crippen molar-refractivity contribution in [1.82, 2.24) is 9.88 Å². The number of Topliss-reactive ketones (excluding diaryl/α,β-unsaturated/α-hetero) is 1. The van der Waals surface area contributed by atoms with Crippen LogP contribution in [0.25, 0.3) is 10.7 Å². The number of dihydropyridines is 1. The van der Waals surface area contributed by atoms with Crippen LogP contribution in [0.5, 0.6) is 0 Å². The Labute approximate surface area is 219 Å². The summed E-state index contributed by atoms with van der Waals surface area (Å²) in [4.78, 5) is 28.2. The molecule has 6 nitrogen and oxygen atoms in total. The SMILES string of the molecule is COC(=O)C1=C(C)NC2=C(C(=O)c3ccccc32)[C@H]1c1cc(C)n(-c2sc3c(c2C#N)CCCC3)c1C. The number of rotatable bonds is 3. The van der Waals surface area contributed by atoms with E-state index < -0.39 is 11.9 Å². The molecule has 0 saturated carbocycles. The third kappa shape index (κ3) is 3.29. The number of benzene rings is 1. The van der Waals surface area contributed by atoms with Crippen LogP contribution < -0.4 is 5.32 Å². The molecule has 6 rings (SSSR count). The summed E-state index contributed by atoms with van der Waals surface area (Å²) in [5.74, 6) is -1.12. The van der Waals surface area contributed by atoms with Gasteiger partial charge in [-0.2, -0.15) is 5.26 Å². The number of nitriles is 1. The number of fused-ring (bicyclic) bond motifs is 3.